The van der Waals surface area contributed by atoms with Crippen LogP contribution in [0.2, 0.25) is 0 Å². The molecule has 4 nitrogen and oxygen atoms in total. The molecule has 2 rings (SSSR count). The number of Topliss-reactive ketones (excluding diaryl/α,β-unsaturated/α-hetero) is 1. The molecule has 0 aliphatic carbocycles. The number of ketones is 1. The minimum Gasteiger partial charge on any atom is -0.493 e. The molecule has 0 amide bonds. The van der Waals surface area contributed by atoms with Crippen molar-refractivity contribution in [3.8, 4) is 17.2 Å². The first-order valence-electron chi connectivity index (χ1n) is 5.83. The maximum Gasteiger partial charge on any atom is 0.169 e. The highest BCUT2D eigenvalue weighted by Gasteiger charge is 2.08. The smallest absolute Gasteiger partial charge is 0.169 e. The van der Waals surface area contributed by atoms with E-state index < -0.39 is 0 Å². The first kappa shape index (κ1) is 13.0. The lowest BCUT2D eigenvalue weighted by Gasteiger charge is -2.11. The normalized spacial score (nSPS) is 10.0. The molecule has 0 atom stereocenters. The number of benzene rings is 2. The van der Waals surface area contributed by atoms with Gasteiger partial charge in [-0.2, -0.15) is 0 Å². The third-order valence-electron chi connectivity index (χ3n) is 2.70. The number of hydrogen-bond acceptors (Lipinski definition) is 4. The van der Waals surface area contributed by atoms with Crippen molar-refractivity contribution in [3.63, 3.8) is 0 Å². The summed E-state index contributed by atoms with van der Waals surface area (Å²) >= 11 is 0. The first-order valence-corrected chi connectivity index (χ1v) is 5.83. The molecule has 0 bridgehead atoms. The molecule has 0 unspecified atom stereocenters. The molecule has 0 radical (unpaired) electrons. The van der Waals surface area contributed by atoms with Gasteiger partial charge in [-0.15, -0.1) is 0 Å². The number of methoxy groups -OCH3 is 1. The lowest BCUT2D eigenvalue weighted by Crippen LogP contribution is -1.99. The van der Waals surface area contributed by atoms with Crippen LogP contribution < -0.4 is 15.2 Å². The third kappa shape index (κ3) is 2.85. The second-order valence-corrected chi connectivity index (χ2v) is 4.06. The maximum atomic E-state index is 11.3. The SMILES string of the molecule is COc1ccccc1Oc1ccc(C(C)=O)c(N)c1. The topological polar surface area (TPSA) is 61.5 Å². The summed E-state index contributed by atoms with van der Waals surface area (Å²) in [6.07, 6.45) is 0. The fraction of sp³-hybridized carbons (Fsp3) is 0.133. The van der Waals surface area contributed by atoms with E-state index in [2.05, 4.69) is 0 Å². The third-order valence-corrected chi connectivity index (χ3v) is 2.70. The van der Waals surface area contributed by atoms with E-state index in [1.165, 1.54) is 6.92 Å². The number of nitrogen functional groups attached to an aromatic ring is 1. The summed E-state index contributed by atoms with van der Waals surface area (Å²) in [5.74, 6) is 1.73. The van der Waals surface area contributed by atoms with Gasteiger partial charge in [0.05, 0.1) is 7.11 Å². The van der Waals surface area contributed by atoms with Crippen molar-refractivity contribution in [1.29, 1.82) is 0 Å². The predicted molar refractivity (Wildman–Crippen MR) is 73.9 cm³/mol. The van der Waals surface area contributed by atoms with Gasteiger partial charge in [-0.3, -0.25) is 4.79 Å². The molecule has 0 aromatic heterocycles. The fourth-order valence-electron chi connectivity index (χ4n) is 1.76. The van der Waals surface area contributed by atoms with Crippen LogP contribution in [0.5, 0.6) is 17.2 Å². The number of para-hydroxylation sites is 2. The number of anilines is 1. The van der Waals surface area contributed by atoms with E-state index in [1.807, 2.05) is 18.2 Å². The number of carbonyl (C=O) groups excluding carboxylic acids is 1. The standard InChI is InChI=1S/C15H15NO3/c1-10(17)12-8-7-11(9-13(12)16)19-15-6-4-3-5-14(15)18-2/h3-9H,16H2,1-2H3. The molecule has 0 fully saturated rings. The zero-order valence-electron chi connectivity index (χ0n) is 10.8. The van der Waals surface area contributed by atoms with Gasteiger partial charge in [0.2, 0.25) is 0 Å². The van der Waals surface area contributed by atoms with E-state index in [4.69, 9.17) is 15.2 Å². The van der Waals surface area contributed by atoms with Crippen LogP contribution in [0.15, 0.2) is 42.5 Å². The average molecular weight is 257 g/mol. The van der Waals surface area contributed by atoms with Crippen LogP contribution in [0.3, 0.4) is 0 Å². The highest BCUT2D eigenvalue weighted by molar-refractivity contribution is 5.99. The molecular formula is C15H15NO3. The van der Waals surface area contributed by atoms with Gasteiger partial charge in [0.25, 0.3) is 0 Å². The number of carbonyl (C=O) groups is 1. The molecule has 2 aromatic carbocycles. The van der Waals surface area contributed by atoms with E-state index in [9.17, 15) is 4.79 Å². The quantitative estimate of drug-likeness (QED) is 0.674. The van der Waals surface area contributed by atoms with Crippen LogP contribution in [0.1, 0.15) is 17.3 Å². The molecule has 98 valence electrons. The molecule has 0 aliphatic heterocycles. The van der Waals surface area contributed by atoms with Crippen LogP contribution in [0.4, 0.5) is 5.69 Å². The summed E-state index contributed by atoms with van der Waals surface area (Å²) in [5, 5.41) is 0. The van der Waals surface area contributed by atoms with Gasteiger partial charge in [-0.05, 0) is 31.2 Å². The molecule has 4 heteroatoms. The summed E-state index contributed by atoms with van der Waals surface area (Å²) in [4.78, 5) is 11.3. The van der Waals surface area contributed by atoms with Crippen LogP contribution >= 0.6 is 0 Å². The average Bonchev–Trinajstić information content (AvgIpc) is 2.39. The van der Waals surface area contributed by atoms with Crippen molar-refractivity contribution in [1.82, 2.24) is 0 Å². The summed E-state index contributed by atoms with van der Waals surface area (Å²) in [7, 11) is 1.58. The zero-order valence-corrected chi connectivity index (χ0v) is 10.8. The van der Waals surface area contributed by atoms with Crippen molar-refractivity contribution in [2.24, 2.45) is 0 Å². The molecule has 2 N–H and O–H groups in total. The van der Waals surface area contributed by atoms with Crippen LogP contribution in [-0.4, -0.2) is 12.9 Å². The Morgan fingerprint density at radius 1 is 1.11 bits per heavy atom. The first-order chi connectivity index (χ1) is 9.11. The fourth-order valence-corrected chi connectivity index (χ4v) is 1.76. The van der Waals surface area contributed by atoms with Crippen molar-refractivity contribution in [2.45, 2.75) is 6.92 Å². The van der Waals surface area contributed by atoms with Crippen LogP contribution in [0.25, 0.3) is 0 Å². The highest BCUT2D eigenvalue weighted by Crippen LogP contribution is 2.32. The molecule has 0 saturated heterocycles. The van der Waals surface area contributed by atoms with Crippen molar-refractivity contribution in [3.05, 3.63) is 48.0 Å². The van der Waals surface area contributed by atoms with Crippen molar-refractivity contribution < 1.29 is 14.3 Å². The Labute approximate surface area is 111 Å². The Kier molecular flexibility index (Phi) is 3.71. The zero-order chi connectivity index (χ0) is 13.8. The number of ether oxygens (including phenoxy) is 2. The van der Waals surface area contributed by atoms with E-state index >= 15 is 0 Å². The summed E-state index contributed by atoms with van der Waals surface area (Å²) < 4.78 is 10.9. The predicted octanol–water partition coefficient (Wildman–Crippen LogP) is 3.27. The minimum atomic E-state index is -0.0682. The summed E-state index contributed by atoms with van der Waals surface area (Å²) in [5.41, 5.74) is 6.71. The van der Waals surface area contributed by atoms with E-state index in [0.29, 0.717) is 28.5 Å². The van der Waals surface area contributed by atoms with E-state index in [1.54, 1.807) is 31.4 Å². The van der Waals surface area contributed by atoms with Gasteiger partial charge in [0.1, 0.15) is 5.75 Å². The Morgan fingerprint density at radius 2 is 1.79 bits per heavy atom. The molecular weight excluding hydrogens is 242 g/mol. The largest absolute Gasteiger partial charge is 0.493 e. The summed E-state index contributed by atoms with van der Waals surface area (Å²) in [6, 6.07) is 12.3. The van der Waals surface area contributed by atoms with Gasteiger partial charge in [0, 0.05) is 17.3 Å². The van der Waals surface area contributed by atoms with Gasteiger partial charge in [-0.1, -0.05) is 12.1 Å². The maximum absolute atomic E-state index is 11.3. The lowest BCUT2D eigenvalue weighted by atomic mass is 10.1. The molecule has 0 heterocycles. The number of nitrogens with two attached hydrogens (primary N) is 1. The van der Waals surface area contributed by atoms with Crippen LogP contribution in [0, 0.1) is 0 Å². The molecule has 0 saturated carbocycles. The van der Waals surface area contributed by atoms with Crippen molar-refractivity contribution >= 4 is 11.5 Å². The monoisotopic (exact) mass is 257 g/mol. The molecule has 2 aromatic rings. The molecule has 19 heavy (non-hydrogen) atoms. The second kappa shape index (κ2) is 5.44. The van der Waals surface area contributed by atoms with E-state index in [-0.39, 0.29) is 5.78 Å². The lowest BCUT2D eigenvalue weighted by molar-refractivity contribution is 0.101. The van der Waals surface area contributed by atoms with Gasteiger partial charge >= 0.3 is 0 Å². The van der Waals surface area contributed by atoms with Crippen molar-refractivity contribution in [2.75, 3.05) is 12.8 Å². The molecule has 0 aliphatic rings. The Hall–Kier alpha value is -2.49. The highest BCUT2D eigenvalue weighted by atomic mass is 16.5. The Balaban J connectivity index is 2.29. The summed E-state index contributed by atoms with van der Waals surface area (Å²) in [6.45, 7) is 1.48. The van der Waals surface area contributed by atoms with Gasteiger partial charge in [-0.25, -0.2) is 0 Å². The Bertz CT molecular complexity index is 608. The van der Waals surface area contributed by atoms with E-state index in [0.717, 1.165) is 0 Å². The second-order valence-electron chi connectivity index (χ2n) is 4.06. The van der Waals surface area contributed by atoms with Gasteiger partial charge < -0.3 is 15.2 Å². The minimum absolute atomic E-state index is 0.0682. The van der Waals surface area contributed by atoms with Crippen LogP contribution in [-0.2, 0) is 0 Å². The number of rotatable bonds is 4. The van der Waals surface area contributed by atoms with Gasteiger partial charge in [0.15, 0.2) is 17.3 Å². The Morgan fingerprint density at radius 3 is 2.37 bits per heavy atom. The molecule has 0 spiro atoms. The number of hydrogen-bond donors (Lipinski definition) is 1.